The Labute approximate surface area is 441 Å². The molecule has 9 nitrogen and oxygen atoms in total. The molecule has 71 heavy (non-hydrogen) atoms. The largest absolute Gasteiger partial charge is 0.477 e. The molecule has 0 bridgehead atoms. The van der Waals surface area contributed by atoms with Crippen LogP contribution in [-0.2, 0) is 33.3 Å². The molecule has 0 amide bonds. The lowest BCUT2D eigenvalue weighted by atomic mass is 10.0. The van der Waals surface area contributed by atoms with Crippen LogP contribution in [0.2, 0.25) is 0 Å². The fourth-order valence-electron chi connectivity index (χ4n) is 9.55. The summed E-state index contributed by atoms with van der Waals surface area (Å²) in [6.07, 6.45) is 59.4. The Kier molecular flexibility index (Phi) is 53.2. The summed E-state index contributed by atoms with van der Waals surface area (Å²) < 4.78 is 22.9. The van der Waals surface area contributed by atoms with Crippen molar-refractivity contribution in [3.05, 3.63) is 0 Å². The number of carbonyl (C=O) groups is 3. The number of carbonyl (C=O) groups excluding carboxylic acids is 2. The smallest absolute Gasteiger partial charge is 0.361 e. The van der Waals surface area contributed by atoms with Crippen LogP contribution in [0.25, 0.3) is 0 Å². The van der Waals surface area contributed by atoms with Crippen LogP contribution in [0.3, 0.4) is 0 Å². The van der Waals surface area contributed by atoms with Crippen LogP contribution in [-0.4, -0.2) is 87.4 Å². The van der Waals surface area contributed by atoms with Gasteiger partial charge in [0.2, 0.25) is 0 Å². The number of hydrogen-bond donors (Lipinski definition) is 1. The van der Waals surface area contributed by atoms with Crippen molar-refractivity contribution in [3.8, 4) is 0 Å². The molecule has 0 rings (SSSR count). The third kappa shape index (κ3) is 55.9. The minimum absolute atomic E-state index is 0.173. The Balaban J connectivity index is 3.91. The molecule has 0 aromatic heterocycles. The standard InChI is InChI=1S/C62H121NO8/c1-6-8-10-12-14-16-18-19-20-21-22-23-24-25-26-27-28-29-30-31-32-33-34-35-36-37-38-39-40-41-43-45-47-49-51-53-60(65)71-58(57-70-62(61(66)67)68-55-54-63(3,4)5)56-69-59(64)52-50-48-46-44-42-17-15-13-11-9-7-2/h58,62H,6-57H2,1-5H3/p+1. The van der Waals surface area contributed by atoms with Gasteiger partial charge in [-0.05, 0) is 12.8 Å². The molecule has 2 unspecified atom stereocenters. The predicted molar refractivity (Wildman–Crippen MR) is 300 cm³/mol. The molecule has 0 heterocycles. The Bertz CT molecular complexity index is 1130. The lowest BCUT2D eigenvalue weighted by molar-refractivity contribution is -0.870. The lowest BCUT2D eigenvalue weighted by Crippen LogP contribution is -2.40. The van der Waals surface area contributed by atoms with Crippen molar-refractivity contribution in [3.63, 3.8) is 0 Å². The zero-order valence-electron chi connectivity index (χ0n) is 48.2. The average molecular weight is 1010 g/mol. The number of carboxylic acids is 1. The summed E-state index contributed by atoms with van der Waals surface area (Å²) in [6.45, 7) is 4.93. The molecule has 0 saturated carbocycles. The highest BCUT2D eigenvalue weighted by molar-refractivity contribution is 5.71. The number of rotatable bonds is 59. The number of unbranched alkanes of at least 4 members (excludes halogenated alkanes) is 44. The fraction of sp³-hybridized carbons (Fsp3) is 0.952. The van der Waals surface area contributed by atoms with Crippen LogP contribution >= 0.6 is 0 Å². The van der Waals surface area contributed by atoms with Gasteiger partial charge in [0.25, 0.3) is 6.29 Å². The summed E-state index contributed by atoms with van der Waals surface area (Å²) >= 11 is 0. The van der Waals surface area contributed by atoms with E-state index in [1.165, 1.54) is 257 Å². The first-order valence-corrected chi connectivity index (χ1v) is 31.2. The average Bonchev–Trinajstić information content (AvgIpc) is 3.34. The topological polar surface area (TPSA) is 108 Å². The second-order valence-corrected chi connectivity index (χ2v) is 22.7. The number of carboxylic acid groups (broad SMARTS) is 1. The van der Waals surface area contributed by atoms with Crippen LogP contribution in [0.4, 0.5) is 0 Å². The molecule has 0 fully saturated rings. The highest BCUT2D eigenvalue weighted by atomic mass is 16.7. The van der Waals surface area contributed by atoms with Crippen LogP contribution in [0.5, 0.6) is 0 Å². The quantitative estimate of drug-likeness (QED) is 0.0278. The summed E-state index contributed by atoms with van der Waals surface area (Å²) in [7, 11) is 5.98. The molecule has 422 valence electrons. The van der Waals surface area contributed by atoms with Crippen molar-refractivity contribution in [1.82, 2.24) is 0 Å². The number of hydrogen-bond acceptors (Lipinski definition) is 7. The maximum atomic E-state index is 12.9. The third-order valence-electron chi connectivity index (χ3n) is 14.4. The third-order valence-corrected chi connectivity index (χ3v) is 14.4. The molecular weight excluding hydrogens is 887 g/mol. The first-order chi connectivity index (χ1) is 34.6. The SMILES string of the molecule is CCCCCCCCCCCCCCCCCCCCCCCCCCCCCCCCCCCCCC(=O)OC(COC(=O)CCCCCCCCCCCCC)COC(OCC[N+](C)(C)C)C(=O)O. The maximum absolute atomic E-state index is 12.9. The molecule has 0 aliphatic heterocycles. The highest BCUT2D eigenvalue weighted by Crippen LogP contribution is 2.19. The maximum Gasteiger partial charge on any atom is 0.361 e. The number of ether oxygens (including phenoxy) is 4. The number of nitrogens with zero attached hydrogens (tertiary/aromatic N) is 1. The first kappa shape index (κ1) is 69.3. The van der Waals surface area contributed by atoms with E-state index in [0.717, 1.165) is 38.5 Å². The van der Waals surface area contributed by atoms with E-state index in [1.54, 1.807) is 0 Å². The van der Waals surface area contributed by atoms with Gasteiger partial charge in [0.1, 0.15) is 13.2 Å². The summed E-state index contributed by atoms with van der Waals surface area (Å²) in [5, 5.41) is 9.68. The molecule has 0 saturated heterocycles. The van der Waals surface area contributed by atoms with Crippen LogP contribution < -0.4 is 0 Å². The van der Waals surface area contributed by atoms with Gasteiger partial charge in [0.15, 0.2) is 6.10 Å². The van der Waals surface area contributed by atoms with Gasteiger partial charge >= 0.3 is 17.9 Å². The van der Waals surface area contributed by atoms with Gasteiger partial charge in [-0.25, -0.2) is 4.79 Å². The number of aliphatic carboxylic acids is 1. The van der Waals surface area contributed by atoms with Gasteiger partial charge in [-0.3, -0.25) is 9.59 Å². The molecule has 0 aliphatic rings. The van der Waals surface area contributed by atoms with Gasteiger partial charge in [-0.2, -0.15) is 0 Å². The minimum atomic E-state index is -1.50. The zero-order chi connectivity index (χ0) is 52.0. The van der Waals surface area contributed by atoms with Crippen molar-refractivity contribution in [2.45, 2.75) is 334 Å². The highest BCUT2D eigenvalue weighted by Gasteiger charge is 2.25. The second kappa shape index (κ2) is 54.5. The molecule has 0 aromatic carbocycles. The van der Waals surface area contributed by atoms with Crippen LogP contribution in [0, 0.1) is 0 Å². The molecule has 0 radical (unpaired) electrons. The minimum Gasteiger partial charge on any atom is -0.477 e. The van der Waals surface area contributed by atoms with E-state index >= 15 is 0 Å². The van der Waals surface area contributed by atoms with E-state index in [9.17, 15) is 19.5 Å². The molecule has 9 heteroatoms. The number of esters is 2. The molecular formula is C62H122NO8+. The Morgan fingerprint density at radius 3 is 0.901 bits per heavy atom. The van der Waals surface area contributed by atoms with Crippen molar-refractivity contribution in [1.29, 1.82) is 0 Å². The van der Waals surface area contributed by atoms with Crippen molar-refractivity contribution < 1.29 is 42.9 Å². The number of quaternary nitrogens is 1. The predicted octanol–water partition coefficient (Wildman–Crippen LogP) is 18.4. The summed E-state index contributed by atoms with van der Waals surface area (Å²) in [5.74, 6) is -1.98. The van der Waals surface area contributed by atoms with Crippen molar-refractivity contribution in [2.75, 3.05) is 47.5 Å². The van der Waals surface area contributed by atoms with E-state index in [1.807, 2.05) is 21.1 Å². The molecule has 1 N–H and O–H groups in total. The van der Waals surface area contributed by atoms with Crippen LogP contribution in [0.1, 0.15) is 322 Å². The van der Waals surface area contributed by atoms with E-state index < -0.39 is 18.4 Å². The van der Waals surface area contributed by atoms with Crippen molar-refractivity contribution >= 4 is 17.9 Å². The van der Waals surface area contributed by atoms with Gasteiger partial charge in [-0.15, -0.1) is 0 Å². The van der Waals surface area contributed by atoms with Gasteiger partial charge in [0.05, 0.1) is 34.4 Å². The normalized spacial score (nSPS) is 12.6. The summed E-state index contributed by atoms with van der Waals surface area (Å²) in [5.41, 5.74) is 0. The monoisotopic (exact) mass is 1010 g/mol. The van der Waals surface area contributed by atoms with E-state index in [4.69, 9.17) is 18.9 Å². The lowest BCUT2D eigenvalue weighted by Gasteiger charge is -2.25. The first-order valence-electron chi connectivity index (χ1n) is 31.2. The zero-order valence-corrected chi connectivity index (χ0v) is 48.2. The second-order valence-electron chi connectivity index (χ2n) is 22.7. The fourth-order valence-corrected chi connectivity index (χ4v) is 9.55. The van der Waals surface area contributed by atoms with Crippen LogP contribution in [0.15, 0.2) is 0 Å². The van der Waals surface area contributed by atoms with E-state index in [2.05, 4.69) is 13.8 Å². The van der Waals surface area contributed by atoms with E-state index in [-0.39, 0.29) is 38.2 Å². The summed E-state index contributed by atoms with van der Waals surface area (Å²) in [4.78, 5) is 37.3. The molecule has 0 aliphatic carbocycles. The molecule has 0 spiro atoms. The van der Waals surface area contributed by atoms with E-state index in [0.29, 0.717) is 17.4 Å². The Hall–Kier alpha value is -1.71. The molecule has 0 aromatic rings. The van der Waals surface area contributed by atoms with Gasteiger partial charge < -0.3 is 28.5 Å². The van der Waals surface area contributed by atoms with Gasteiger partial charge in [-0.1, -0.05) is 296 Å². The Morgan fingerprint density at radius 1 is 0.366 bits per heavy atom. The summed E-state index contributed by atoms with van der Waals surface area (Å²) in [6, 6.07) is 0. The van der Waals surface area contributed by atoms with Gasteiger partial charge in [0, 0.05) is 12.8 Å². The molecule has 2 atom stereocenters. The Morgan fingerprint density at radius 2 is 0.634 bits per heavy atom. The van der Waals surface area contributed by atoms with Crippen molar-refractivity contribution in [2.24, 2.45) is 0 Å². The number of likely N-dealkylation sites (N-methyl/N-ethyl adjacent to an activating group) is 1.